The van der Waals surface area contributed by atoms with E-state index >= 15 is 0 Å². The topological polar surface area (TPSA) is 85.1 Å². The van der Waals surface area contributed by atoms with E-state index in [2.05, 4.69) is 27.0 Å². The number of benzene rings is 2. The lowest BCUT2D eigenvalue weighted by molar-refractivity contribution is 0.416. The van der Waals surface area contributed by atoms with Gasteiger partial charge in [-0.25, -0.2) is 8.42 Å². The average molecular weight is 369 g/mol. The van der Waals surface area contributed by atoms with Gasteiger partial charge in [-0.2, -0.15) is 4.98 Å². The van der Waals surface area contributed by atoms with Crippen LogP contribution in [0.4, 0.5) is 5.69 Å². The van der Waals surface area contributed by atoms with Crippen molar-refractivity contribution in [1.82, 2.24) is 10.1 Å². The molecule has 1 fully saturated rings. The van der Waals surface area contributed by atoms with E-state index in [4.69, 9.17) is 4.52 Å². The lowest BCUT2D eigenvalue weighted by Crippen LogP contribution is -2.09. The quantitative estimate of drug-likeness (QED) is 0.717. The van der Waals surface area contributed by atoms with Gasteiger partial charge >= 0.3 is 0 Å². The molecular weight excluding hydrogens is 350 g/mol. The number of nitrogens with one attached hydrogen (secondary N) is 1. The third-order valence-electron chi connectivity index (χ3n) is 4.41. The summed E-state index contributed by atoms with van der Waals surface area (Å²) in [6.45, 7) is 0. The number of hydrogen-bond donors (Lipinski definition) is 1. The van der Waals surface area contributed by atoms with Crippen LogP contribution in [0.2, 0.25) is 0 Å². The second-order valence-corrected chi connectivity index (χ2v) is 8.38. The van der Waals surface area contributed by atoms with Crippen LogP contribution in [-0.2, 0) is 10.0 Å². The Morgan fingerprint density at radius 3 is 2.38 bits per heavy atom. The van der Waals surface area contributed by atoms with Gasteiger partial charge in [0, 0.05) is 11.3 Å². The zero-order chi connectivity index (χ0) is 18.1. The molecule has 1 unspecified atom stereocenters. The van der Waals surface area contributed by atoms with E-state index < -0.39 is 10.0 Å². The monoisotopic (exact) mass is 369 g/mol. The van der Waals surface area contributed by atoms with Crippen LogP contribution in [0.3, 0.4) is 0 Å². The largest absolute Gasteiger partial charge is 0.334 e. The Morgan fingerprint density at radius 2 is 1.77 bits per heavy atom. The van der Waals surface area contributed by atoms with Crippen molar-refractivity contribution < 1.29 is 12.9 Å². The molecule has 7 heteroatoms. The molecule has 3 aromatic rings. The van der Waals surface area contributed by atoms with Crippen LogP contribution >= 0.6 is 0 Å². The maximum Gasteiger partial charge on any atom is 0.257 e. The summed E-state index contributed by atoms with van der Waals surface area (Å²) in [4.78, 5) is 4.61. The Labute approximate surface area is 152 Å². The Hall–Kier alpha value is -2.67. The van der Waals surface area contributed by atoms with E-state index in [0.717, 1.165) is 11.8 Å². The fourth-order valence-electron chi connectivity index (χ4n) is 3.10. The molecule has 1 saturated carbocycles. The molecule has 1 atom stereocenters. The molecule has 1 heterocycles. The van der Waals surface area contributed by atoms with Crippen molar-refractivity contribution in [2.75, 3.05) is 11.0 Å². The number of rotatable bonds is 6. The van der Waals surface area contributed by atoms with Gasteiger partial charge in [-0.05, 0) is 48.6 Å². The molecule has 1 aliphatic rings. The molecule has 0 amide bonds. The predicted molar refractivity (Wildman–Crippen MR) is 99.2 cm³/mol. The van der Waals surface area contributed by atoms with Gasteiger partial charge in [0.05, 0.1) is 12.2 Å². The van der Waals surface area contributed by atoms with Gasteiger partial charge in [-0.15, -0.1) is 0 Å². The number of aromatic nitrogens is 2. The van der Waals surface area contributed by atoms with Crippen molar-refractivity contribution in [3.8, 4) is 11.5 Å². The highest BCUT2D eigenvalue weighted by Crippen LogP contribution is 2.45. The van der Waals surface area contributed by atoms with Crippen LogP contribution in [0.1, 0.15) is 30.1 Å². The molecule has 0 spiro atoms. The van der Waals surface area contributed by atoms with E-state index in [1.165, 1.54) is 18.4 Å². The summed E-state index contributed by atoms with van der Waals surface area (Å²) >= 11 is 0. The molecule has 1 aromatic heterocycles. The van der Waals surface area contributed by atoms with Gasteiger partial charge in [-0.3, -0.25) is 4.72 Å². The van der Waals surface area contributed by atoms with Crippen LogP contribution in [0.15, 0.2) is 59.1 Å². The molecule has 0 aliphatic heterocycles. The van der Waals surface area contributed by atoms with E-state index in [9.17, 15) is 8.42 Å². The molecular formula is C19H19N3O3S. The van der Waals surface area contributed by atoms with Crippen LogP contribution < -0.4 is 4.72 Å². The number of nitrogens with zero attached hydrogens (tertiary/aromatic N) is 2. The standard InChI is InChI=1S/C19H19N3O3S/c1-26(23,24)22-16-11-9-15(10-12-16)19-20-18(21-25-19)17(14-7-8-14)13-5-3-2-4-6-13/h2-6,9-12,14,17,22H,7-8H2,1H3. The van der Waals surface area contributed by atoms with Gasteiger partial charge in [0.25, 0.3) is 5.89 Å². The number of sulfonamides is 1. The first-order valence-electron chi connectivity index (χ1n) is 8.46. The lowest BCUT2D eigenvalue weighted by atomic mass is 9.93. The van der Waals surface area contributed by atoms with Gasteiger partial charge in [0.1, 0.15) is 0 Å². The second-order valence-electron chi connectivity index (χ2n) is 6.64. The lowest BCUT2D eigenvalue weighted by Gasteiger charge is -2.11. The van der Waals surface area contributed by atoms with Crippen LogP contribution in [0, 0.1) is 5.92 Å². The number of hydrogen-bond acceptors (Lipinski definition) is 5. The third-order valence-corrected chi connectivity index (χ3v) is 5.01. The Bertz CT molecular complexity index is 994. The maximum atomic E-state index is 11.3. The molecule has 0 saturated heterocycles. The highest BCUT2D eigenvalue weighted by Gasteiger charge is 2.36. The molecule has 1 aliphatic carbocycles. The zero-order valence-corrected chi connectivity index (χ0v) is 15.1. The maximum absolute atomic E-state index is 11.3. The molecule has 134 valence electrons. The first kappa shape index (κ1) is 16.8. The van der Waals surface area contributed by atoms with E-state index in [-0.39, 0.29) is 5.92 Å². The SMILES string of the molecule is CS(=O)(=O)Nc1ccc(-c2nc(C(c3ccccc3)C3CC3)no2)cc1. The summed E-state index contributed by atoms with van der Waals surface area (Å²) in [5.74, 6) is 1.85. The molecule has 0 radical (unpaired) electrons. The normalized spacial score (nSPS) is 15.6. The van der Waals surface area contributed by atoms with Crippen molar-refractivity contribution in [1.29, 1.82) is 0 Å². The Morgan fingerprint density at radius 1 is 1.08 bits per heavy atom. The third kappa shape index (κ3) is 3.77. The Balaban J connectivity index is 1.59. The van der Waals surface area contributed by atoms with Crippen molar-refractivity contribution >= 4 is 15.7 Å². The van der Waals surface area contributed by atoms with Crippen molar-refractivity contribution in [2.24, 2.45) is 5.92 Å². The molecule has 0 bridgehead atoms. The van der Waals surface area contributed by atoms with E-state index in [0.29, 0.717) is 23.3 Å². The summed E-state index contributed by atoms with van der Waals surface area (Å²) in [5.41, 5.74) is 2.46. The fourth-order valence-corrected chi connectivity index (χ4v) is 3.66. The van der Waals surface area contributed by atoms with Crippen LogP contribution in [0.25, 0.3) is 11.5 Å². The Kier molecular flexibility index (Phi) is 4.24. The van der Waals surface area contributed by atoms with E-state index in [1.807, 2.05) is 18.2 Å². The van der Waals surface area contributed by atoms with Gasteiger partial charge in [0.2, 0.25) is 10.0 Å². The second kappa shape index (κ2) is 6.57. The molecule has 4 rings (SSSR count). The summed E-state index contributed by atoms with van der Waals surface area (Å²) in [7, 11) is -3.30. The molecule has 1 N–H and O–H groups in total. The van der Waals surface area contributed by atoms with Crippen molar-refractivity contribution in [3.05, 3.63) is 66.0 Å². The van der Waals surface area contributed by atoms with Crippen molar-refractivity contribution in [3.63, 3.8) is 0 Å². The highest BCUT2D eigenvalue weighted by atomic mass is 32.2. The van der Waals surface area contributed by atoms with Crippen molar-refractivity contribution in [2.45, 2.75) is 18.8 Å². The average Bonchev–Trinajstić information content (AvgIpc) is 3.32. The highest BCUT2D eigenvalue weighted by molar-refractivity contribution is 7.92. The van der Waals surface area contributed by atoms with Gasteiger partial charge in [0.15, 0.2) is 5.82 Å². The van der Waals surface area contributed by atoms with Crippen LogP contribution in [0.5, 0.6) is 0 Å². The molecule has 6 nitrogen and oxygen atoms in total. The van der Waals surface area contributed by atoms with E-state index in [1.54, 1.807) is 24.3 Å². The number of anilines is 1. The summed E-state index contributed by atoms with van der Waals surface area (Å²) in [6.07, 6.45) is 3.47. The van der Waals surface area contributed by atoms with Gasteiger partial charge < -0.3 is 4.52 Å². The summed E-state index contributed by atoms with van der Waals surface area (Å²) < 4.78 is 30.5. The molecule has 2 aromatic carbocycles. The van der Waals surface area contributed by atoms with Crippen LogP contribution in [-0.4, -0.2) is 24.8 Å². The summed E-state index contributed by atoms with van der Waals surface area (Å²) in [6, 6.07) is 17.1. The zero-order valence-electron chi connectivity index (χ0n) is 14.3. The minimum Gasteiger partial charge on any atom is -0.334 e. The first-order valence-corrected chi connectivity index (χ1v) is 10.4. The van der Waals surface area contributed by atoms with Gasteiger partial charge in [-0.1, -0.05) is 35.5 Å². The minimum absolute atomic E-state index is 0.153. The predicted octanol–water partition coefficient (Wildman–Crippen LogP) is 3.65. The molecule has 26 heavy (non-hydrogen) atoms. The minimum atomic E-state index is -3.30. The summed E-state index contributed by atoms with van der Waals surface area (Å²) in [5, 5.41) is 4.21. The smallest absolute Gasteiger partial charge is 0.257 e. The fraction of sp³-hybridized carbons (Fsp3) is 0.263. The first-order chi connectivity index (χ1) is 12.5.